The van der Waals surface area contributed by atoms with Crippen molar-refractivity contribution in [3.8, 4) is 11.5 Å². The van der Waals surface area contributed by atoms with Gasteiger partial charge in [-0.2, -0.15) is 0 Å². The minimum Gasteiger partial charge on any atom is -0.496 e. The SMILES string of the molecule is CCC(=O)N(CC[C@@]1(c2ccccc2OC)CCO[C@@H](C(C)C)C1)Cc1ccc(OC(C)C)cc1. The summed E-state index contributed by atoms with van der Waals surface area (Å²) in [5.41, 5.74) is 2.25. The number of hydrogen-bond acceptors (Lipinski definition) is 4. The molecule has 2 atom stereocenters. The van der Waals surface area contributed by atoms with Gasteiger partial charge >= 0.3 is 0 Å². The molecule has 1 heterocycles. The Labute approximate surface area is 211 Å². The van der Waals surface area contributed by atoms with Crippen LogP contribution >= 0.6 is 0 Å². The lowest BCUT2D eigenvalue weighted by Crippen LogP contribution is -2.44. The Hall–Kier alpha value is -2.53. The van der Waals surface area contributed by atoms with Gasteiger partial charge in [-0.05, 0) is 62.8 Å². The van der Waals surface area contributed by atoms with Crippen molar-refractivity contribution in [3.05, 3.63) is 59.7 Å². The average Bonchev–Trinajstić information content (AvgIpc) is 2.86. The first-order chi connectivity index (χ1) is 16.8. The Kier molecular flexibility index (Phi) is 9.62. The Balaban J connectivity index is 1.84. The van der Waals surface area contributed by atoms with Crippen LogP contribution in [0.15, 0.2) is 48.5 Å². The molecule has 5 heteroatoms. The summed E-state index contributed by atoms with van der Waals surface area (Å²) in [5.74, 6) is 2.39. The van der Waals surface area contributed by atoms with Crippen LogP contribution in [-0.4, -0.2) is 43.3 Å². The third kappa shape index (κ3) is 7.00. The molecule has 0 spiro atoms. The van der Waals surface area contributed by atoms with E-state index in [-0.39, 0.29) is 23.5 Å². The minimum atomic E-state index is -0.0962. The van der Waals surface area contributed by atoms with E-state index in [1.807, 2.05) is 49.9 Å². The summed E-state index contributed by atoms with van der Waals surface area (Å²) in [7, 11) is 1.74. The Morgan fingerprint density at radius 3 is 2.46 bits per heavy atom. The predicted molar refractivity (Wildman–Crippen MR) is 141 cm³/mol. The van der Waals surface area contributed by atoms with Crippen LogP contribution < -0.4 is 9.47 Å². The Morgan fingerprint density at radius 2 is 1.83 bits per heavy atom. The Bertz CT molecular complexity index is 940. The number of nitrogens with zero attached hydrogens (tertiary/aromatic N) is 1. The zero-order valence-electron chi connectivity index (χ0n) is 22.4. The lowest BCUT2D eigenvalue weighted by molar-refractivity contribution is -0.132. The fourth-order valence-electron chi connectivity index (χ4n) is 5.10. The molecule has 0 aliphatic carbocycles. The van der Waals surface area contributed by atoms with Gasteiger partial charge in [0, 0.05) is 37.1 Å². The molecule has 0 saturated carbocycles. The third-order valence-corrected chi connectivity index (χ3v) is 7.11. The minimum absolute atomic E-state index is 0.0962. The largest absolute Gasteiger partial charge is 0.496 e. The summed E-state index contributed by atoms with van der Waals surface area (Å²) < 4.78 is 17.7. The highest BCUT2D eigenvalue weighted by molar-refractivity contribution is 5.75. The summed E-state index contributed by atoms with van der Waals surface area (Å²) in [6.07, 6.45) is 3.55. The second-order valence-corrected chi connectivity index (χ2v) is 10.3. The van der Waals surface area contributed by atoms with Gasteiger partial charge in [-0.1, -0.05) is 51.1 Å². The maximum Gasteiger partial charge on any atom is 0.222 e. The molecule has 1 aliphatic rings. The number of carbonyl (C=O) groups excluding carboxylic acids is 1. The van der Waals surface area contributed by atoms with Crippen LogP contribution in [-0.2, 0) is 21.5 Å². The summed E-state index contributed by atoms with van der Waals surface area (Å²) in [5, 5.41) is 0. The summed E-state index contributed by atoms with van der Waals surface area (Å²) in [6, 6.07) is 16.5. The van der Waals surface area contributed by atoms with Crippen molar-refractivity contribution in [1.29, 1.82) is 0 Å². The van der Waals surface area contributed by atoms with Gasteiger partial charge in [0.1, 0.15) is 11.5 Å². The van der Waals surface area contributed by atoms with Crippen molar-refractivity contribution < 1.29 is 19.0 Å². The van der Waals surface area contributed by atoms with E-state index >= 15 is 0 Å². The van der Waals surface area contributed by atoms with E-state index in [0.29, 0.717) is 25.4 Å². The fourth-order valence-corrected chi connectivity index (χ4v) is 5.10. The molecule has 3 rings (SSSR count). The molecule has 2 aromatic carbocycles. The molecule has 0 radical (unpaired) electrons. The van der Waals surface area contributed by atoms with Crippen molar-refractivity contribution in [2.24, 2.45) is 5.92 Å². The van der Waals surface area contributed by atoms with Gasteiger partial charge in [0.2, 0.25) is 5.91 Å². The van der Waals surface area contributed by atoms with Crippen molar-refractivity contribution in [1.82, 2.24) is 4.90 Å². The highest BCUT2D eigenvalue weighted by Gasteiger charge is 2.41. The van der Waals surface area contributed by atoms with E-state index < -0.39 is 0 Å². The van der Waals surface area contributed by atoms with Gasteiger partial charge in [0.15, 0.2) is 0 Å². The van der Waals surface area contributed by atoms with Gasteiger partial charge in [-0.3, -0.25) is 4.79 Å². The highest BCUT2D eigenvalue weighted by Crippen LogP contribution is 2.45. The van der Waals surface area contributed by atoms with Gasteiger partial charge in [0.05, 0.1) is 19.3 Å². The summed E-state index contributed by atoms with van der Waals surface area (Å²) in [6.45, 7) is 12.4. The first kappa shape index (κ1) is 27.1. The standard InChI is InChI=1S/C30H43NO4/c1-7-29(32)31(21-24-12-14-25(15-13-24)35-23(4)5)18-16-30(17-19-34-28(20-30)22(2)3)26-10-8-9-11-27(26)33-6/h8-15,22-23,28H,7,16-21H2,1-6H3/t28-,30-/m1/s1. The van der Waals surface area contributed by atoms with Crippen molar-refractivity contribution in [2.45, 2.75) is 84.5 Å². The van der Waals surface area contributed by atoms with Crippen LogP contribution in [0.3, 0.4) is 0 Å². The van der Waals surface area contributed by atoms with E-state index in [0.717, 1.165) is 42.9 Å². The highest BCUT2D eigenvalue weighted by atomic mass is 16.5. The van der Waals surface area contributed by atoms with Crippen LogP contribution in [0.25, 0.3) is 0 Å². The van der Waals surface area contributed by atoms with Crippen molar-refractivity contribution in [2.75, 3.05) is 20.3 Å². The second kappa shape index (κ2) is 12.4. The smallest absolute Gasteiger partial charge is 0.222 e. The molecular formula is C30H43NO4. The quantitative estimate of drug-likeness (QED) is 0.373. The molecule has 1 amide bonds. The molecular weight excluding hydrogens is 438 g/mol. The van der Waals surface area contributed by atoms with Crippen LogP contribution in [0.5, 0.6) is 11.5 Å². The van der Waals surface area contributed by atoms with Crippen LogP contribution in [0.2, 0.25) is 0 Å². The van der Waals surface area contributed by atoms with Gasteiger partial charge in [-0.25, -0.2) is 0 Å². The van der Waals surface area contributed by atoms with E-state index in [1.165, 1.54) is 5.56 Å². The van der Waals surface area contributed by atoms with E-state index in [4.69, 9.17) is 14.2 Å². The fraction of sp³-hybridized carbons (Fsp3) is 0.567. The topological polar surface area (TPSA) is 48.0 Å². The maximum atomic E-state index is 13.0. The first-order valence-electron chi connectivity index (χ1n) is 13.1. The van der Waals surface area contributed by atoms with Gasteiger partial charge in [-0.15, -0.1) is 0 Å². The van der Waals surface area contributed by atoms with E-state index in [9.17, 15) is 4.79 Å². The average molecular weight is 482 g/mol. The van der Waals surface area contributed by atoms with E-state index in [2.05, 4.69) is 38.1 Å². The van der Waals surface area contributed by atoms with Crippen LogP contribution in [0.4, 0.5) is 0 Å². The molecule has 0 bridgehead atoms. The number of hydrogen-bond donors (Lipinski definition) is 0. The lowest BCUT2D eigenvalue weighted by Gasteiger charge is -2.44. The van der Waals surface area contributed by atoms with E-state index in [1.54, 1.807) is 7.11 Å². The van der Waals surface area contributed by atoms with Gasteiger partial charge < -0.3 is 19.1 Å². The zero-order valence-corrected chi connectivity index (χ0v) is 22.4. The zero-order chi connectivity index (χ0) is 25.4. The van der Waals surface area contributed by atoms with Gasteiger partial charge in [0.25, 0.3) is 0 Å². The number of ether oxygens (including phenoxy) is 3. The molecule has 0 N–H and O–H groups in total. The lowest BCUT2D eigenvalue weighted by atomic mass is 9.68. The number of methoxy groups -OCH3 is 1. The molecule has 1 aliphatic heterocycles. The monoisotopic (exact) mass is 481 g/mol. The molecule has 1 saturated heterocycles. The normalized spacial score (nSPS) is 20.2. The molecule has 2 aromatic rings. The molecule has 1 fully saturated rings. The molecule has 0 unspecified atom stereocenters. The van der Waals surface area contributed by atoms with Crippen molar-refractivity contribution in [3.63, 3.8) is 0 Å². The first-order valence-corrected chi connectivity index (χ1v) is 13.1. The van der Waals surface area contributed by atoms with Crippen LogP contribution in [0.1, 0.15) is 71.4 Å². The third-order valence-electron chi connectivity index (χ3n) is 7.11. The predicted octanol–water partition coefficient (Wildman–Crippen LogP) is 6.38. The second-order valence-electron chi connectivity index (χ2n) is 10.3. The number of para-hydroxylation sites is 1. The summed E-state index contributed by atoms with van der Waals surface area (Å²) in [4.78, 5) is 15.0. The van der Waals surface area contributed by atoms with Crippen molar-refractivity contribution >= 4 is 5.91 Å². The molecule has 5 nitrogen and oxygen atoms in total. The summed E-state index contributed by atoms with van der Waals surface area (Å²) >= 11 is 0. The Morgan fingerprint density at radius 1 is 1.11 bits per heavy atom. The number of amides is 1. The number of rotatable bonds is 11. The molecule has 0 aromatic heterocycles. The maximum absolute atomic E-state index is 13.0. The van der Waals surface area contributed by atoms with Crippen LogP contribution in [0, 0.1) is 5.92 Å². The number of benzene rings is 2. The number of carbonyl (C=O) groups is 1. The molecule has 192 valence electrons. The molecule has 35 heavy (non-hydrogen) atoms.